The van der Waals surface area contributed by atoms with Crippen LogP contribution in [0.25, 0.3) is 0 Å². The maximum absolute atomic E-state index is 9.83. The number of aliphatic hydroxyl groups is 1. The largest absolute Gasteiger partial charge is 0.394 e. The molecule has 0 amide bonds. The lowest BCUT2D eigenvalue weighted by molar-refractivity contribution is 0.0614. The van der Waals surface area contributed by atoms with Gasteiger partial charge in [0.2, 0.25) is 0 Å². The summed E-state index contributed by atoms with van der Waals surface area (Å²) < 4.78 is 0. The van der Waals surface area contributed by atoms with Gasteiger partial charge in [-0.3, -0.25) is 0 Å². The molecule has 0 aliphatic heterocycles. The summed E-state index contributed by atoms with van der Waals surface area (Å²) in [6.07, 6.45) is 10.2. The van der Waals surface area contributed by atoms with Crippen LogP contribution in [0.3, 0.4) is 0 Å². The molecule has 2 fully saturated rings. The van der Waals surface area contributed by atoms with Crippen molar-refractivity contribution in [1.29, 1.82) is 0 Å². The number of hydrogen-bond donors (Lipinski definition) is 2. The van der Waals surface area contributed by atoms with Crippen molar-refractivity contribution >= 4 is 0 Å². The molecule has 0 aromatic rings. The lowest BCUT2D eigenvalue weighted by Crippen LogP contribution is -2.55. The summed E-state index contributed by atoms with van der Waals surface area (Å²) in [6, 6.07) is 0.670. The molecule has 2 nitrogen and oxygen atoms in total. The van der Waals surface area contributed by atoms with Gasteiger partial charge in [0.1, 0.15) is 0 Å². The molecule has 2 aliphatic carbocycles. The van der Waals surface area contributed by atoms with Crippen LogP contribution in [0.4, 0.5) is 0 Å². The Balaban J connectivity index is 1.90. The Morgan fingerprint density at radius 2 is 1.61 bits per heavy atom. The van der Waals surface area contributed by atoms with E-state index in [1.54, 1.807) is 0 Å². The summed E-state index contributed by atoms with van der Waals surface area (Å²) in [4.78, 5) is 0. The van der Waals surface area contributed by atoms with Crippen molar-refractivity contribution in [2.24, 2.45) is 11.3 Å². The topological polar surface area (TPSA) is 32.3 Å². The van der Waals surface area contributed by atoms with Crippen LogP contribution in [0.5, 0.6) is 0 Å². The minimum atomic E-state index is 0.0384. The molecular formula is C16H31NO. The molecule has 2 aliphatic rings. The van der Waals surface area contributed by atoms with Crippen molar-refractivity contribution in [3.8, 4) is 0 Å². The molecule has 0 spiro atoms. The van der Waals surface area contributed by atoms with Crippen LogP contribution in [0.15, 0.2) is 0 Å². The lowest BCUT2D eigenvalue weighted by atomic mass is 9.67. The second-order valence-electron chi connectivity index (χ2n) is 7.70. The standard InChI is InChI=1S/C16H31NO/c1-15(2,3)13-8-10-16(12-18,11-9-13)17-14-6-4-5-7-14/h13-14,17-18H,4-12H2,1-3H3. The molecule has 106 valence electrons. The van der Waals surface area contributed by atoms with Crippen molar-refractivity contribution in [2.75, 3.05) is 6.61 Å². The Labute approximate surface area is 113 Å². The molecule has 0 saturated heterocycles. The molecule has 2 heteroatoms. The fraction of sp³-hybridized carbons (Fsp3) is 1.00. The molecule has 2 N–H and O–H groups in total. The van der Waals surface area contributed by atoms with E-state index in [0.29, 0.717) is 18.1 Å². The van der Waals surface area contributed by atoms with Gasteiger partial charge in [0.15, 0.2) is 0 Å². The van der Waals surface area contributed by atoms with Crippen LogP contribution >= 0.6 is 0 Å². The van der Waals surface area contributed by atoms with Gasteiger partial charge in [-0.2, -0.15) is 0 Å². The number of nitrogens with one attached hydrogen (secondary N) is 1. The Morgan fingerprint density at radius 1 is 1.06 bits per heavy atom. The van der Waals surface area contributed by atoms with Crippen LogP contribution in [0.2, 0.25) is 0 Å². The summed E-state index contributed by atoms with van der Waals surface area (Å²) >= 11 is 0. The predicted octanol–water partition coefficient (Wildman–Crippen LogP) is 3.49. The normalized spacial score (nSPS) is 35.0. The van der Waals surface area contributed by atoms with Gasteiger partial charge in [0, 0.05) is 11.6 Å². The SMILES string of the molecule is CC(C)(C)C1CCC(CO)(NC2CCCC2)CC1. The first-order chi connectivity index (χ1) is 8.45. The maximum atomic E-state index is 9.83. The van der Waals surface area contributed by atoms with E-state index in [9.17, 15) is 5.11 Å². The third-order valence-corrected chi connectivity index (χ3v) is 5.34. The Kier molecular flexibility index (Phi) is 4.38. The average molecular weight is 253 g/mol. The molecule has 0 aromatic heterocycles. The van der Waals surface area contributed by atoms with Gasteiger partial charge in [0.25, 0.3) is 0 Å². The van der Waals surface area contributed by atoms with E-state index in [4.69, 9.17) is 0 Å². The van der Waals surface area contributed by atoms with E-state index < -0.39 is 0 Å². The van der Waals surface area contributed by atoms with Gasteiger partial charge in [0.05, 0.1) is 6.61 Å². The molecule has 0 unspecified atom stereocenters. The Bertz CT molecular complexity index is 255. The highest BCUT2D eigenvalue weighted by Gasteiger charge is 2.39. The second-order valence-corrected chi connectivity index (χ2v) is 7.70. The number of hydrogen-bond acceptors (Lipinski definition) is 2. The van der Waals surface area contributed by atoms with Crippen molar-refractivity contribution in [3.63, 3.8) is 0 Å². The van der Waals surface area contributed by atoms with Crippen LogP contribution in [-0.4, -0.2) is 23.3 Å². The summed E-state index contributed by atoms with van der Waals surface area (Å²) in [5.74, 6) is 0.822. The van der Waals surface area contributed by atoms with Crippen molar-refractivity contribution in [3.05, 3.63) is 0 Å². The maximum Gasteiger partial charge on any atom is 0.0613 e. The van der Waals surface area contributed by atoms with Gasteiger partial charge >= 0.3 is 0 Å². The molecular weight excluding hydrogens is 222 g/mol. The molecule has 0 aromatic carbocycles. The molecule has 0 atom stereocenters. The first kappa shape index (κ1) is 14.3. The summed E-state index contributed by atoms with van der Waals surface area (Å²) in [6.45, 7) is 7.39. The van der Waals surface area contributed by atoms with Crippen LogP contribution < -0.4 is 5.32 Å². The third kappa shape index (κ3) is 3.27. The van der Waals surface area contributed by atoms with Gasteiger partial charge in [-0.05, 0) is 49.9 Å². The number of aliphatic hydroxyl groups excluding tert-OH is 1. The molecule has 18 heavy (non-hydrogen) atoms. The minimum absolute atomic E-state index is 0.0384. The van der Waals surface area contributed by atoms with Crippen molar-refractivity contribution in [2.45, 2.75) is 83.7 Å². The van der Waals surface area contributed by atoms with Crippen molar-refractivity contribution in [1.82, 2.24) is 5.32 Å². The predicted molar refractivity (Wildman–Crippen MR) is 76.6 cm³/mol. The Hall–Kier alpha value is -0.0800. The smallest absolute Gasteiger partial charge is 0.0613 e. The molecule has 0 bridgehead atoms. The fourth-order valence-corrected chi connectivity index (χ4v) is 3.89. The van der Waals surface area contributed by atoms with Gasteiger partial charge in [-0.15, -0.1) is 0 Å². The fourth-order valence-electron chi connectivity index (χ4n) is 3.89. The van der Waals surface area contributed by atoms with E-state index >= 15 is 0 Å². The molecule has 2 saturated carbocycles. The Morgan fingerprint density at radius 3 is 2.06 bits per heavy atom. The monoisotopic (exact) mass is 253 g/mol. The zero-order valence-electron chi connectivity index (χ0n) is 12.5. The van der Waals surface area contributed by atoms with Crippen LogP contribution in [0, 0.1) is 11.3 Å². The quantitative estimate of drug-likeness (QED) is 0.807. The van der Waals surface area contributed by atoms with Crippen LogP contribution in [-0.2, 0) is 0 Å². The minimum Gasteiger partial charge on any atom is -0.394 e. The summed E-state index contributed by atoms with van der Waals surface area (Å²) in [7, 11) is 0. The molecule has 0 radical (unpaired) electrons. The lowest BCUT2D eigenvalue weighted by Gasteiger charge is -2.45. The van der Waals surface area contributed by atoms with E-state index in [-0.39, 0.29) is 5.54 Å². The first-order valence-electron chi connectivity index (χ1n) is 7.84. The van der Waals surface area contributed by atoms with Gasteiger partial charge in [-0.1, -0.05) is 33.6 Å². The second kappa shape index (κ2) is 5.50. The zero-order valence-corrected chi connectivity index (χ0v) is 12.5. The number of rotatable bonds is 3. The summed E-state index contributed by atoms with van der Waals surface area (Å²) in [5, 5.41) is 13.6. The van der Waals surface area contributed by atoms with Gasteiger partial charge in [-0.25, -0.2) is 0 Å². The zero-order chi connectivity index (χ0) is 13.2. The molecule has 2 rings (SSSR count). The van der Waals surface area contributed by atoms with E-state index in [1.807, 2.05) is 0 Å². The third-order valence-electron chi connectivity index (χ3n) is 5.34. The highest BCUT2D eigenvalue weighted by atomic mass is 16.3. The molecule has 0 heterocycles. The van der Waals surface area contributed by atoms with E-state index in [1.165, 1.54) is 38.5 Å². The first-order valence-corrected chi connectivity index (χ1v) is 7.84. The highest BCUT2D eigenvalue weighted by Crippen LogP contribution is 2.41. The van der Waals surface area contributed by atoms with Gasteiger partial charge < -0.3 is 10.4 Å². The van der Waals surface area contributed by atoms with Crippen molar-refractivity contribution < 1.29 is 5.11 Å². The highest BCUT2D eigenvalue weighted by molar-refractivity contribution is 4.97. The van der Waals surface area contributed by atoms with E-state index in [2.05, 4.69) is 26.1 Å². The van der Waals surface area contributed by atoms with E-state index in [0.717, 1.165) is 18.8 Å². The average Bonchev–Trinajstić information content (AvgIpc) is 2.81. The summed E-state index contributed by atoms with van der Waals surface area (Å²) in [5.41, 5.74) is 0.464. The van der Waals surface area contributed by atoms with Crippen LogP contribution in [0.1, 0.15) is 72.1 Å².